The van der Waals surface area contributed by atoms with Crippen molar-refractivity contribution in [2.45, 2.75) is 11.1 Å². The number of rotatable bonds is 3. The molecule has 12 heavy (non-hydrogen) atoms. The van der Waals surface area contributed by atoms with Crippen LogP contribution in [-0.4, -0.2) is 9.96 Å². The Kier molecular flexibility index (Phi) is 3.45. The fourth-order valence-electron chi connectivity index (χ4n) is 0.739. The molecular formula is C8H9NOS2. The van der Waals surface area contributed by atoms with Crippen LogP contribution in [0.3, 0.4) is 0 Å². The summed E-state index contributed by atoms with van der Waals surface area (Å²) in [6, 6.07) is 5.78. The first-order valence-corrected chi connectivity index (χ1v) is 5.75. The van der Waals surface area contributed by atoms with Crippen molar-refractivity contribution < 1.29 is 4.21 Å². The van der Waals surface area contributed by atoms with Crippen LogP contribution in [0.1, 0.15) is 6.92 Å². The Balaban J connectivity index is 2.57. The van der Waals surface area contributed by atoms with Crippen molar-refractivity contribution in [3.8, 4) is 6.07 Å². The minimum absolute atomic E-state index is 0.132. The smallest absolute Gasteiger partial charge is 0.0910 e. The van der Waals surface area contributed by atoms with E-state index in [2.05, 4.69) is 6.07 Å². The summed E-state index contributed by atoms with van der Waals surface area (Å²) in [4.78, 5) is 0. The Morgan fingerprint density at radius 2 is 2.58 bits per heavy atom. The highest BCUT2D eigenvalue weighted by atomic mass is 32.2. The third kappa shape index (κ3) is 2.43. The average molecular weight is 199 g/mol. The van der Waals surface area contributed by atoms with Gasteiger partial charge in [-0.25, -0.2) is 0 Å². The van der Waals surface area contributed by atoms with Gasteiger partial charge in [-0.15, -0.1) is 11.3 Å². The van der Waals surface area contributed by atoms with Gasteiger partial charge in [0.15, 0.2) is 0 Å². The van der Waals surface area contributed by atoms with Gasteiger partial charge in [-0.3, -0.25) is 4.21 Å². The zero-order valence-electron chi connectivity index (χ0n) is 6.69. The molecule has 0 radical (unpaired) electrons. The molecule has 2 unspecified atom stereocenters. The fourth-order valence-corrected chi connectivity index (χ4v) is 2.91. The molecule has 1 rings (SSSR count). The number of hydrogen-bond donors (Lipinski definition) is 0. The molecule has 2 nitrogen and oxygen atoms in total. The molecule has 2 atom stereocenters. The lowest BCUT2D eigenvalue weighted by Crippen LogP contribution is -2.04. The van der Waals surface area contributed by atoms with Gasteiger partial charge >= 0.3 is 0 Å². The van der Waals surface area contributed by atoms with Crippen LogP contribution in [0, 0.1) is 17.2 Å². The lowest BCUT2D eigenvalue weighted by molar-refractivity contribution is 0.677. The monoisotopic (exact) mass is 199 g/mol. The van der Waals surface area contributed by atoms with Crippen molar-refractivity contribution in [1.82, 2.24) is 0 Å². The van der Waals surface area contributed by atoms with E-state index in [0.29, 0.717) is 5.75 Å². The van der Waals surface area contributed by atoms with Crippen LogP contribution >= 0.6 is 11.3 Å². The van der Waals surface area contributed by atoms with E-state index in [4.69, 9.17) is 5.26 Å². The van der Waals surface area contributed by atoms with Gasteiger partial charge in [0.25, 0.3) is 0 Å². The second-order valence-electron chi connectivity index (χ2n) is 2.47. The molecule has 1 aromatic heterocycles. The lowest BCUT2D eigenvalue weighted by Gasteiger charge is -1.99. The fraction of sp³-hybridized carbons (Fsp3) is 0.375. The van der Waals surface area contributed by atoms with E-state index in [1.807, 2.05) is 17.5 Å². The standard InChI is InChI=1S/C8H9NOS2/c1-7(5-9)6-12(10)8-3-2-4-11-8/h2-4,7H,6H2,1H3. The van der Waals surface area contributed by atoms with Crippen LogP contribution < -0.4 is 0 Å². The maximum absolute atomic E-state index is 11.4. The Labute approximate surface area is 78.3 Å². The molecule has 0 spiro atoms. The Hall–Kier alpha value is -0.660. The Morgan fingerprint density at radius 3 is 3.08 bits per heavy atom. The van der Waals surface area contributed by atoms with Gasteiger partial charge in [0.05, 0.1) is 27.0 Å². The van der Waals surface area contributed by atoms with Crippen molar-refractivity contribution in [3.63, 3.8) is 0 Å². The van der Waals surface area contributed by atoms with E-state index >= 15 is 0 Å². The molecule has 1 aromatic rings. The molecule has 0 aliphatic rings. The molecule has 0 fully saturated rings. The maximum Gasteiger partial charge on any atom is 0.0910 e. The van der Waals surface area contributed by atoms with Gasteiger partial charge in [0.2, 0.25) is 0 Å². The number of nitrogens with zero attached hydrogens (tertiary/aromatic N) is 1. The maximum atomic E-state index is 11.4. The SMILES string of the molecule is CC(C#N)CS(=O)c1cccs1. The number of thiophene rings is 1. The summed E-state index contributed by atoms with van der Waals surface area (Å²) in [5, 5.41) is 10.4. The van der Waals surface area contributed by atoms with Crippen LogP contribution in [0.5, 0.6) is 0 Å². The number of hydrogen-bond acceptors (Lipinski definition) is 3. The van der Waals surface area contributed by atoms with E-state index in [1.54, 1.807) is 6.92 Å². The van der Waals surface area contributed by atoms with Gasteiger partial charge in [-0.05, 0) is 18.4 Å². The summed E-state index contributed by atoms with van der Waals surface area (Å²) < 4.78 is 12.3. The molecule has 0 bridgehead atoms. The van der Waals surface area contributed by atoms with Crippen LogP contribution in [0.2, 0.25) is 0 Å². The Bertz CT molecular complexity index is 299. The highest BCUT2D eigenvalue weighted by Gasteiger charge is 2.08. The van der Waals surface area contributed by atoms with Crippen molar-refractivity contribution >= 4 is 22.1 Å². The van der Waals surface area contributed by atoms with Gasteiger partial charge < -0.3 is 0 Å². The van der Waals surface area contributed by atoms with E-state index in [9.17, 15) is 4.21 Å². The first kappa shape index (κ1) is 9.43. The summed E-state index contributed by atoms with van der Waals surface area (Å²) in [6.45, 7) is 1.78. The summed E-state index contributed by atoms with van der Waals surface area (Å²) >= 11 is 1.47. The first-order valence-electron chi connectivity index (χ1n) is 3.55. The van der Waals surface area contributed by atoms with E-state index in [-0.39, 0.29) is 5.92 Å². The second kappa shape index (κ2) is 4.39. The highest BCUT2D eigenvalue weighted by Crippen LogP contribution is 2.15. The molecule has 0 aromatic carbocycles. The van der Waals surface area contributed by atoms with Crippen molar-refractivity contribution in [2.24, 2.45) is 5.92 Å². The summed E-state index contributed by atoms with van der Waals surface area (Å²) in [5.74, 6) is 0.310. The number of nitriles is 1. The zero-order chi connectivity index (χ0) is 8.97. The van der Waals surface area contributed by atoms with Gasteiger partial charge in [-0.1, -0.05) is 6.07 Å². The molecule has 64 valence electrons. The third-order valence-corrected chi connectivity index (χ3v) is 4.24. The molecule has 0 saturated carbocycles. The van der Waals surface area contributed by atoms with E-state index in [1.165, 1.54) is 11.3 Å². The van der Waals surface area contributed by atoms with Crippen LogP contribution in [-0.2, 0) is 10.8 Å². The zero-order valence-corrected chi connectivity index (χ0v) is 8.32. The average Bonchev–Trinajstić information content (AvgIpc) is 2.56. The minimum Gasteiger partial charge on any atom is -0.253 e. The summed E-state index contributed by atoms with van der Waals surface area (Å²) in [5.41, 5.74) is 0. The summed E-state index contributed by atoms with van der Waals surface area (Å²) in [6.07, 6.45) is 0. The van der Waals surface area contributed by atoms with E-state index < -0.39 is 10.8 Å². The molecule has 1 heterocycles. The predicted octanol–water partition coefficient (Wildman–Crippen LogP) is 2.02. The highest BCUT2D eigenvalue weighted by molar-refractivity contribution is 7.87. The van der Waals surface area contributed by atoms with Crippen molar-refractivity contribution in [3.05, 3.63) is 17.5 Å². The Morgan fingerprint density at radius 1 is 1.83 bits per heavy atom. The van der Waals surface area contributed by atoms with Gasteiger partial charge in [0.1, 0.15) is 0 Å². The molecule has 0 N–H and O–H groups in total. The van der Waals surface area contributed by atoms with Gasteiger partial charge in [-0.2, -0.15) is 5.26 Å². The predicted molar refractivity (Wildman–Crippen MR) is 50.4 cm³/mol. The lowest BCUT2D eigenvalue weighted by atomic mass is 10.3. The largest absolute Gasteiger partial charge is 0.253 e. The minimum atomic E-state index is -0.986. The molecular weight excluding hydrogens is 190 g/mol. The molecule has 0 saturated heterocycles. The van der Waals surface area contributed by atoms with Crippen LogP contribution in [0.25, 0.3) is 0 Å². The van der Waals surface area contributed by atoms with Crippen LogP contribution in [0.15, 0.2) is 21.7 Å². The van der Waals surface area contributed by atoms with Gasteiger partial charge in [0, 0.05) is 5.75 Å². The quantitative estimate of drug-likeness (QED) is 0.747. The molecule has 0 aliphatic carbocycles. The van der Waals surface area contributed by atoms with Crippen LogP contribution in [0.4, 0.5) is 0 Å². The topological polar surface area (TPSA) is 40.9 Å². The normalized spacial score (nSPS) is 15.0. The first-order chi connectivity index (χ1) is 5.74. The second-order valence-corrected chi connectivity index (χ2v) is 5.14. The molecule has 4 heteroatoms. The van der Waals surface area contributed by atoms with Crippen molar-refractivity contribution in [1.29, 1.82) is 5.26 Å². The molecule has 0 aliphatic heterocycles. The third-order valence-electron chi connectivity index (χ3n) is 1.34. The molecule has 0 amide bonds. The van der Waals surface area contributed by atoms with E-state index in [0.717, 1.165) is 4.21 Å². The summed E-state index contributed by atoms with van der Waals surface area (Å²) in [7, 11) is -0.986. The van der Waals surface area contributed by atoms with Crippen molar-refractivity contribution in [2.75, 3.05) is 5.75 Å².